The van der Waals surface area contributed by atoms with E-state index < -0.39 is 17.4 Å². The van der Waals surface area contributed by atoms with E-state index in [0.717, 1.165) is 38.5 Å². The molecule has 0 unspecified atom stereocenters. The molecule has 9 atom stereocenters. The third-order valence-electron chi connectivity index (χ3n) is 16.4. The molecule has 0 aromatic heterocycles. The standard InChI is InChI=1S/C39H54O5/c1-23(2)25-10-15-38(22-40)17-16-35(6)27(30(25)38)8-9-29-34(5)13-11-26(33(3,4)28(34)12-14-36(29,35)7)24-18-37(19-24)20-39(21-37,31(41)42)32(43)44/h11,18,22,25,27-30H,1,8-10,12-17,19-21H2,2-7H3,(H,41,42)(H,43,44)/t25-,27+,28-,29+,30+,34-,35+,36+,38+/m0/s1. The van der Waals surface area contributed by atoms with Gasteiger partial charge in [0, 0.05) is 5.41 Å². The summed E-state index contributed by atoms with van der Waals surface area (Å²) >= 11 is 0. The fourth-order valence-corrected chi connectivity index (χ4v) is 14.2. The number of aldehydes is 1. The molecule has 7 rings (SSSR count). The van der Waals surface area contributed by atoms with Crippen LogP contribution >= 0.6 is 0 Å². The summed E-state index contributed by atoms with van der Waals surface area (Å²) in [5, 5.41) is 19.3. The van der Waals surface area contributed by atoms with Crippen LogP contribution in [0.25, 0.3) is 0 Å². The highest BCUT2D eigenvalue weighted by atomic mass is 16.4. The number of carbonyl (C=O) groups is 3. The van der Waals surface area contributed by atoms with Gasteiger partial charge in [-0.1, -0.05) is 58.9 Å². The van der Waals surface area contributed by atoms with Gasteiger partial charge in [0.1, 0.15) is 6.29 Å². The number of hydrogen-bond acceptors (Lipinski definition) is 3. The van der Waals surface area contributed by atoms with Crippen LogP contribution in [0.5, 0.6) is 0 Å². The second-order valence-corrected chi connectivity index (χ2v) is 18.3. The fraction of sp³-hybridized carbons (Fsp3) is 0.769. The Bertz CT molecular complexity index is 1390. The Hall–Kier alpha value is -2.17. The smallest absolute Gasteiger partial charge is 0.321 e. The summed E-state index contributed by atoms with van der Waals surface area (Å²) in [5.74, 6) is 0.310. The summed E-state index contributed by atoms with van der Waals surface area (Å²) in [6.07, 6.45) is 17.7. The van der Waals surface area contributed by atoms with Gasteiger partial charge < -0.3 is 15.0 Å². The molecule has 44 heavy (non-hydrogen) atoms. The zero-order chi connectivity index (χ0) is 31.9. The molecule has 0 aromatic carbocycles. The molecule has 7 aliphatic carbocycles. The summed E-state index contributed by atoms with van der Waals surface area (Å²) in [5.41, 5.74) is 2.69. The summed E-state index contributed by atoms with van der Waals surface area (Å²) in [6.45, 7) is 19.4. The van der Waals surface area contributed by atoms with E-state index in [2.05, 4.69) is 60.3 Å². The number of rotatable bonds is 5. The number of allylic oxidation sites excluding steroid dienone is 5. The molecule has 0 bridgehead atoms. The van der Waals surface area contributed by atoms with Gasteiger partial charge >= 0.3 is 11.9 Å². The van der Waals surface area contributed by atoms with Crippen molar-refractivity contribution >= 4 is 18.2 Å². The molecule has 5 fully saturated rings. The first kappa shape index (κ1) is 30.5. The molecule has 0 heterocycles. The van der Waals surface area contributed by atoms with Gasteiger partial charge in [0.15, 0.2) is 5.41 Å². The van der Waals surface area contributed by atoms with Crippen molar-refractivity contribution < 1.29 is 24.6 Å². The molecule has 240 valence electrons. The monoisotopic (exact) mass is 602 g/mol. The van der Waals surface area contributed by atoms with Crippen LogP contribution in [0.15, 0.2) is 35.5 Å². The lowest BCUT2D eigenvalue weighted by Crippen LogP contribution is -2.65. The molecule has 7 aliphatic rings. The average Bonchev–Trinajstić information content (AvgIpc) is 3.28. The highest BCUT2D eigenvalue weighted by molar-refractivity contribution is 6.00. The maximum Gasteiger partial charge on any atom is 0.321 e. The second kappa shape index (κ2) is 9.00. The van der Waals surface area contributed by atoms with Gasteiger partial charge in [0.05, 0.1) is 0 Å². The van der Waals surface area contributed by atoms with Crippen molar-refractivity contribution in [2.45, 2.75) is 119 Å². The quantitative estimate of drug-likeness (QED) is 0.187. The van der Waals surface area contributed by atoms with Crippen molar-refractivity contribution in [3.05, 3.63) is 35.5 Å². The number of carboxylic acids is 2. The molecular formula is C39H54O5. The van der Waals surface area contributed by atoms with Crippen LogP contribution in [-0.4, -0.2) is 28.4 Å². The van der Waals surface area contributed by atoms with E-state index in [1.807, 2.05) is 0 Å². The second-order valence-electron chi connectivity index (χ2n) is 18.3. The fourth-order valence-electron chi connectivity index (χ4n) is 14.2. The van der Waals surface area contributed by atoms with Crippen LogP contribution in [0.3, 0.4) is 0 Å². The highest BCUT2D eigenvalue weighted by Gasteiger charge is 2.71. The van der Waals surface area contributed by atoms with Crippen LogP contribution in [0, 0.1) is 67.5 Å². The predicted molar refractivity (Wildman–Crippen MR) is 171 cm³/mol. The van der Waals surface area contributed by atoms with E-state index >= 15 is 0 Å². The van der Waals surface area contributed by atoms with Crippen molar-refractivity contribution in [1.29, 1.82) is 0 Å². The molecule has 5 heteroatoms. The van der Waals surface area contributed by atoms with Gasteiger partial charge in [-0.2, -0.15) is 0 Å². The van der Waals surface area contributed by atoms with Crippen LogP contribution in [-0.2, 0) is 14.4 Å². The van der Waals surface area contributed by atoms with Crippen molar-refractivity contribution in [3.63, 3.8) is 0 Å². The van der Waals surface area contributed by atoms with Gasteiger partial charge in [-0.05, 0) is 152 Å². The summed E-state index contributed by atoms with van der Waals surface area (Å²) in [7, 11) is 0. The molecular weight excluding hydrogens is 548 g/mol. The minimum atomic E-state index is -1.62. The summed E-state index contributed by atoms with van der Waals surface area (Å²) in [6, 6.07) is 0. The van der Waals surface area contributed by atoms with Gasteiger partial charge in [0.2, 0.25) is 0 Å². The normalized spacial score (nSPS) is 47.3. The maximum absolute atomic E-state index is 12.8. The number of aliphatic carboxylic acids is 2. The summed E-state index contributed by atoms with van der Waals surface area (Å²) < 4.78 is 0. The third-order valence-corrected chi connectivity index (χ3v) is 16.4. The first-order chi connectivity index (χ1) is 20.5. The number of carbonyl (C=O) groups excluding carboxylic acids is 1. The number of fused-ring (bicyclic) bond motifs is 7. The highest BCUT2D eigenvalue weighted by Crippen LogP contribution is 2.78. The van der Waals surface area contributed by atoms with Gasteiger partial charge in [0.25, 0.3) is 0 Å². The Morgan fingerprint density at radius 3 is 2.14 bits per heavy atom. The maximum atomic E-state index is 12.8. The molecule has 0 amide bonds. The van der Waals surface area contributed by atoms with E-state index in [1.165, 1.54) is 48.7 Å². The Morgan fingerprint density at radius 2 is 1.55 bits per heavy atom. The van der Waals surface area contributed by atoms with E-state index in [9.17, 15) is 24.6 Å². The Kier molecular flexibility index (Phi) is 6.24. The molecule has 2 N–H and O–H groups in total. The van der Waals surface area contributed by atoms with E-state index in [1.54, 1.807) is 0 Å². The third kappa shape index (κ3) is 3.46. The largest absolute Gasteiger partial charge is 0.480 e. The number of carboxylic acid groups (broad SMARTS) is 2. The lowest BCUT2D eigenvalue weighted by molar-refractivity contribution is -0.224. The van der Waals surface area contributed by atoms with E-state index in [4.69, 9.17) is 0 Å². The topological polar surface area (TPSA) is 91.7 Å². The molecule has 0 aromatic rings. The number of hydrogen-bond donors (Lipinski definition) is 2. The van der Waals surface area contributed by atoms with Crippen molar-refractivity contribution in [2.24, 2.45) is 67.5 Å². The average molecular weight is 603 g/mol. The predicted octanol–water partition coefficient (Wildman–Crippen LogP) is 8.65. The van der Waals surface area contributed by atoms with Crippen LogP contribution < -0.4 is 0 Å². The van der Waals surface area contributed by atoms with E-state index in [0.29, 0.717) is 29.6 Å². The Labute approximate surface area is 264 Å². The Morgan fingerprint density at radius 1 is 0.886 bits per heavy atom. The lowest BCUT2D eigenvalue weighted by atomic mass is 9.32. The van der Waals surface area contributed by atoms with Crippen LogP contribution in [0.1, 0.15) is 119 Å². The SMILES string of the molecule is C=C(C)[C@@H]1CC[C@]2(C=O)CC[C@]3(C)[C@H](CC[C@@H]4[C@@]5(C)CC=C(C6=CC7(C6)CC(C(=O)O)(C(=O)O)C7)C(C)(C)[C@@H]5CC[C@]43C)[C@@H]12. The molecule has 0 radical (unpaired) electrons. The van der Waals surface area contributed by atoms with Crippen LogP contribution in [0.4, 0.5) is 0 Å². The van der Waals surface area contributed by atoms with Gasteiger partial charge in [-0.3, -0.25) is 9.59 Å². The molecule has 0 aliphatic heterocycles. The minimum Gasteiger partial charge on any atom is -0.480 e. The zero-order valence-corrected chi connectivity index (χ0v) is 27.9. The molecule has 1 spiro atoms. The van der Waals surface area contributed by atoms with Gasteiger partial charge in [-0.15, -0.1) is 0 Å². The van der Waals surface area contributed by atoms with Crippen molar-refractivity contribution in [1.82, 2.24) is 0 Å². The first-order valence-corrected chi connectivity index (χ1v) is 17.5. The summed E-state index contributed by atoms with van der Waals surface area (Å²) in [4.78, 5) is 36.4. The Balaban J connectivity index is 1.18. The minimum absolute atomic E-state index is 0.00962. The molecule has 5 saturated carbocycles. The van der Waals surface area contributed by atoms with Gasteiger partial charge in [-0.25, -0.2) is 0 Å². The first-order valence-electron chi connectivity index (χ1n) is 17.5. The molecule has 0 saturated heterocycles. The van der Waals surface area contributed by atoms with E-state index in [-0.39, 0.29) is 45.3 Å². The lowest BCUT2D eigenvalue weighted by Gasteiger charge is -2.72. The van der Waals surface area contributed by atoms with Crippen molar-refractivity contribution in [3.8, 4) is 0 Å². The van der Waals surface area contributed by atoms with Crippen molar-refractivity contribution in [2.75, 3.05) is 0 Å². The molecule has 5 nitrogen and oxygen atoms in total. The van der Waals surface area contributed by atoms with Crippen LogP contribution in [0.2, 0.25) is 0 Å². The zero-order valence-electron chi connectivity index (χ0n) is 27.9.